The van der Waals surface area contributed by atoms with Crippen molar-refractivity contribution in [2.45, 2.75) is 18.3 Å². The van der Waals surface area contributed by atoms with Crippen LogP contribution >= 0.6 is 11.8 Å². The first kappa shape index (κ1) is 22.3. The van der Waals surface area contributed by atoms with Gasteiger partial charge in [-0.15, -0.1) is 11.8 Å². The Labute approximate surface area is 201 Å². The Kier molecular flexibility index (Phi) is 5.69. The third-order valence-corrected chi connectivity index (χ3v) is 7.56. The standard InChI is InChI=1S/C26H24FN3O3S/c1-17-5-3-6-18(13-17)16-29-23-10-9-19(27)14-22(23)26(24(29)31)30(11-12-34-26)25(32)28-20-7-4-8-21(15-20)33-2/h3-10,13-15H,11-12,16H2,1-2H3,(H,28,32). The molecule has 34 heavy (non-hydrogen) atoms. The van der Waals surface area contributed by atoms with E-state index < -0.39 is 16.7 Å². The van der Waals surface area contributed by atoms with E-state index in [4.69, 9.17) is 4.74 Å². The summed E-state index contributed by atoms with van der Waals surface area (Å²) in [5.41, 5.74) is 3.75. The average molecular weight is 478 g/mol. The summed E-state index contributed by atoms with van der Waals surface area (Å²) < 4.78 is 19.7. The zero-order valence-corrected chi connectivity index (χ0v) is 19.7. The summed E-state index contributed by atoms with van der Waals surface area (Å²) in [5, 5.41) is 2.88. The number of anilines is 2. The molecule has 1 N–H and O–H groups in total. The van der Waals surface area contributed by atoms with Gasteiger partial charge in [0.15, 0.2) is 4.87 Å². The number of carbonyl (C=O) groups is 2. The minimum absolute atomic E-state index is 0.238. The number of thioether (sulfide) groups is 1. The minimum Gasteiger partial charge on any atom is -0.497 e. The lowest BCUT2D eigenvalue weighted by Crippen LogP contribution is -2.51. The number of urea groups is 1. The Bertz CT molecular complexity index is 1280. The summed E-state index contributed by atoms with van der Waals surface area (Å²) >= 11 is 1.37. The number of nitrogens with one attached hydrogen (secondary N) is 1. The minimum atomic E-state index is -1.32. The van der Waals surface area contributed by atoms with Crippen LogP contribution in [0.2, 0.25) is 0 Å². The molecule has 3 aromatic carbocycles. The second-order valence-corrected chi connectivity index (χ2v) is 9.64. The number of methoxy groups -OCH3 is 1. The first-order chi connectivity index (χ1) is 16.4. The molecule has 2 aliphatic heterocycles. The highest BCUT2D eigenvalue weighted by Gasteiger charge is 2.59. The summed E-state index contributed by atoms with van der Waals surface area (Å²) in [6.07, 6.45) is 0. The molecule has 1 spiro atoms. The van der Waals surface area contributed by atoms with Crippen molar-refractivity contribution in [1.82, 2.24) is 4.90 Å². The second kappa shape index (κ2) is 8.68. The van der Waals surface area contributed by atoms with Crippen LogP contribution in [0.25, 0.3) is 0 Å². The van der Waals surface area contributed by atoms with E-state index in [1.54, 1.807) is 42.3 Å². The van der Waals surface area contributed by atoms with Crippen molar-refractivity contribution in [2.24, 2.45) is 0 Å². The maximum absolute atomic E-state index is 14.4. The van der Waals surface area contributed by atoms with E-state index in [1.165, 1.54) is 28.8 Å². The fraction of sp³-hybridized carbons (Fsp3) is 0.231. The monoisotopic (exact) mass is 477 g/mol. The fourth-order valence-electron chi connectivity index (χ4n) is 4.63. The van der Waals surface area contributed by atoms with E-state index in [0.717, 1.165) is 11.1 Å². The number of nitrogens with zero attached hydrogens (tertiary/aromatic N) is 2. The summed E-state index contributed by atoms with van der Waals surface area (Å²) in [6.45, 7) is 2.70. The van der Waals surface area contributed by atoms with Gasteiger partial charge in [-0.3, -0.25) is 9.69 Å². The lowest BCUT2D eigenvalue weighted by Gasteiger charge is -2.33. The SMILES string of the molecule is COc1cccc(NC(=O)N2CCSC23C(=O)N(Cc2cccc(C)c2)c2ccc(F)cc23)c1. The molecule has 6 nitrogen and oxygen atoms in total. The Hall–Kier alpha value is -3.52. The molecule has 1 unspecified atom stereocenters. The van der Waals surface area contributed by atoms with Crippen molar-refractivity contribution in [3.8, 4) is 5.75 Å². The van der Waals surface area contributed by atoms with E-state index in [2.05, 4.69) is 5.32 Å². The molecule has 1 atom stereocenters. The Morgan fingerprint density at radius 3 is 2.76 bits per heavy atom. The molecule has 0 aromatic heterocycles. The topological polar surface area (TPSA) is 61.9 Å². The maximum Gasteiger partial charge on any atom is 0.323 e. The maximum atomic E-state index is 14.4. The van der Waals surface area contributed by atoms with Crippen molar-refractivity contribution in [3.63, 3.8) is 0 Å². The van der Waals surface area contributed by atoms with Gasteiger partial charge >= 0.3 is 6.03 Å². The van der Waals surface area contributed by atoms with E-state index in [9.17, 15) is 14.0 Å². The molecule has 1 fully saturated rings. The summed E-state index contributed by atoms with van der Waals surface area (Å²) in [4.78, 5) is 29.3. The molecule has 0 aliphatic carbocycles. The normalized spacial score (nSPS) is 19.0. The van der Waals surface area contributed by atoms with Gasteiger partial charge in [0.25, 0.3) is 5.91 Å². The molecule has 0 saturated carbocycles. The van der Waals surface area contributed by atoms with Gasteiger partial charge < -0.3 is 15.0 Å². The van der Waals surface area contributed by atoms with Crippen LogP contribution in [0, 0.1) is 12.7 Å². The van der Waals surface area contributed by atoms with Crippen LogP contribution in [-0.2, 0) is 16.2 Å². The zero-order valence-electron chi connectivity index (χ0n) is 18.9. The third-order valence-electron chi connectivity index (χ3n) is 6.14. The van der Waals surface area contributed by atoms with Crippen molar-refractivity contribution in [2.75, 3.05) is 29.6 Å². The molecule has 2 aliphatic rings. The predicted octanol–water partition coefficient (Wildman–Crippen LogP) is 5.12. The van der Waals surface area contributed by atoms with E-state index in [0.29, 0.717) is 41.5 Å². The smallest absolute Gasteiger partial charge is 0.323 e. The molecule has 3 aromatic rings. The Morgan fingerprint density at radius 1 is 1.15 bits per heavy atom. The molecule has 8 heteroatoms. The third kappa shape index (κ3) is 3.68. The van der Waals surface area contributed by atoms with Gasteiger partial charge in [-0.05, 0) is 42.8 Å². The van der Waals surface area contributed by atoms with E-state index in [1.807, 2.05) is 31.2 Å². The zero-order chi connectivity index (χ0) is 23.9. The number of amides is 3. The van der Waals surface area contributed by atoms with Gasteiger partial charge in [-0.25, -0.2) is 9.18 Å². The largest absolute Gasteiger partial charge is 0.497 e. The first-order valence-corrected chi connectivity index (χ1v) is 11.9. The molecular formula is C26H24FN3O3S. The van der Waals surface area contributed by atoms with E-state index in [-0.39, 0.29) is 5.91 Å². The number of carbonyl (C=O) groups excluding carboxylic acids is 2. The van der Waals surface area contributed by atoms with Crippen molar-refractivity contribution >= 4 is 35.1 Å². The number of benzene rings is 3. The van der Waals surface area contributed by atoms with Crippen molar-refractivity contribution in [3.05, 3.63) is 89.2 Å². The summed E-state index contributed by atoms with van der Waals surface area (Å²) in [7, 11) is 1.55. The molecule has 2 heterocycles. The summed E-state index contributed by atoms with van der Waals surface area (Å²) in [5.74, 6) is 0.491. The number of fused-ring (bicyclic) bond motifs is 2. The van der Waals surface area contributed by atoms with Crippen LogP contribution in [0.4, 0.5) is 20.6 Å². The lowest BCUT2D eigenvalue weighted by molar-refractivity contribution is -0.123. The highest BCUT2D eigenvalue weighted by molar-refractivity contribution is 8.01. The van der Waals surface area contributed by atoms with Gasteiger partial charge in [0, 0.05) is 29.6 Å². The average Bonchev–Trinajstić information content (AvgIpc) is 3.36. The highest BCUT2D eigenvalue weighted by Crippen LogP contribution is 2.54. The Balaban J connectivity index is 1.52. The van der Waals surface area contributed by atoms with E-state index >= 15 is 0 Å². The molecule has 0 bridgehead atoms. The number of ether oxygens (including phenoxy) is 1. The fourth-order valence-corrected chi connectivity index (χ4v) is 6.08. The van der Waals surface area contributed by atoms with Gasteiger partial charge in [-0.2, -0.15) is 0 Å². The van der Waals surface area contributed by atoms with Crippen LogP contribution in [0.1, 0.15) is 16.7 Å². The summed E-state index contributed by atoms with van der Waals surface area (Å²) in [6, 6.07) is 18.9. The Morgan fingerprint density at radius 2 is 1.97 bits per heavy atom. The lowest BCUT2D eigenvalue weighted by atomic mass is 10.1. The van der Waals surface area contributed by atoms with Crippen LogP contribution in [-0.4, -0.2) is 36.2 Å². The molecular weight excluding hydrogens is 453 g/mol. The number of rotatable bonds is 4. The van der Waals surface area contributed by atoms with Crippen molar-refractivity contribution < 1.29 is 18.7 Å². The van der Waals surface area contributed by atoms with Crippen LogP contribution in [0.5, 0.6) is 5.75 Å². The number of hydrogen-bond acceptors (Lipinski definition) is 4. The molecule has 0 radical (unpaired) electrons. The van der Waals surface area contributed by atoms with Gasteiger partial charge in [0.1, 0.15) is 11.6 Å². The highest BCUT2D eigenvalue weighted by atomic mass is 32.2. The predicted molar refractivity (Wildman–Crippen MR) is 132 cm³/mol. The van der Waals surface area contributed by atoms with Crippen LogP contribution in [0.3, 0.4) is 0 Å². The van der Waals surface area contributed by atoms with Gasteiger partial charge in [0.2, 0.25) is 0 Å². The molecule has 3 amide bonds. The van der Waals surface area contributed by atoms with Gasteiger partial charge in [-0.1, -0.05) is 35.9 Å². The quantitative estimate of drug-likeness (QED) is 0.566. The number of hydrogen-bond donors (Lipinski definition) is 1. The van der Waals surface area contributed by atoms with Gasteiger partial charge in [0.05, 0.1) is 19.3 Å². The number of aryl methyl sites for hydroxylation is 1. The molecule has 174 valence electrons. The molecule has 5 rings (SSSR count). The van der Waals surface area contributed by atoms with Crippen LogP contribution in [0.15, 0.2) is 66.7 Å². The molecule has 1 saturated heterocycles. The number of halogens is 1. The second-order valence-electron chi connectivity index (χ2n) is 8.35. The van der Waals surface area contributed by atoms with Crippen molar-refractivity contribution in [1.29, 1.82) is 0 Å². The first-order valence-electron chi connectivity index (χ1n) is 11.0. The van der Waals surface area contributed by atoms with Crippen LogP contribution < -0.4 is 15.0 Å².